The maximum absolute atomic E-state index is 13.0. The van der Waals surface area contributed by atoms with Crippen molar-refractivity contribution in [2.45, 2.75) is 52.4 Å². The van der Waals surface area contributed by atoms with E-state index in [-0.39, 0.29) is 17.7 Å². The molecule has 154 valence electrons. The van der Waals surface area contributed by atoms with Crippen LogP contribution in [-0.2, 0) is 9.53 Å². The zero-order valence-corrected chi connectivity index (χ0v) is 17.2. The van der Waals surface area contributed by atoms with Crippen molar-refractivity contribution in [1.29, 1.82) is 0 Å². The van der Waals surface area contributed by atoms with Crippen LogP contribution in [0.4, 0.5) is 0 Å². The number of carbonyl (C=O) groups is 3. The van der Waals surface area contributed by atoms with Gasteiger partial charge in [-0.25, -0.2) is 4.79 Å². The third-order valence-corrected chi connectivity index (χ3v) is 6.09. The molecule has 3 rings (SSSR count). The van der Waals surface area contributed by atoms with Crippen LogP contribution >= 0.6 is 0 Å². The Morgan fingerprint density at radius 1 is 0.929 bits per heavy atom. The number of piperidine rings is 1. The summed E-state index contributed by atoms with van der Waals surface area (Å²) in [5.41, 5.74) is 2.13. The quantitative estimate of drug-likeness (QED) is 0.806. The Bertz CT molecular complexity index is 739. The van der Waals surface area contributed by atoms with Gasteiger partial charge in [0.25, 0.3) is 5.91 Å². The van der Waals surface area contributed by atoms with Gasteiger partial charge in [0.15, 0.2) is 0 Å². The van der Waals surface area contributed by atoms with E-state index in [0.717, 1.165) is 25.9 Å². The molecule has 0 spiro atoms. The number of aromatic nitrogens is 1. The van der Waals surface area contributed by atoms with Crippen LogP contribution in [0, 0.1) is 19.8 Å². The number of nitrogens with zero attached hydrogens (tertiary/aromatic N) is 2. The SMILES string of the molecule is COC(=O)c1c(C)[nH]c(C(=O)N2CCC(C(=O)N3CCCCCC3)CC2)c1C. The highest BCUT2D eigenvalue weighted by Crippen LogP contribution is 2.25. The number of aryl methyl sites for hydroxylation is 1. The number of rotatable bonds is 3. The molecule has 1 N–H and O–H groups in total. The number of aromatic amines is 1. The van der Waals surface area contributed by atoms with Crippen LogP contribution in [-0.4, -0.2) is 65.9 Å². The van der Waals surface area contributed by atoms with Gasteiger partial charge in [0, 0.05) is 37.8 Å². The standard InChI is InChI=1S/C21H31N3O4/c1-14-17(21(27)28-3)15(2)22-18(14)20(26)24-12-8-16(9-13-24)19(25)23-10-6-4-5-7-11-23/h16,22H,4-13H2,1-3H3. The summed E-state index contributed by atoms with van der Waals surface area (Å²) in [6.45, 7) is 6.40. The average molecular weight is 389 g/mol. The van der Waals surface area contributed by atoms with Gasteiger partial charge in [-0.05, 0) is 45.1 Å². The molecule has 1 aromatic heterocycles. The Morgan fingerprint density at radius 3 is 2.11 bits per heavy atom. The molecule has 7 nitrogen and oxygen atoms in total. The summed E-state index contributed by atoms with van der Waals surface area (Å²) in [7, 11) is 1.34. The van der Waals surface area contributed by atoms with E-state index >= 15 is 0 Å². The van der Waals surface area contributed by atoms with Gasteiger partial charge >= 0.3 is 5.97 Å². The lowest BCUT2D eigenvalue weighted by atomic mass is 9.94. The van der Waals surface area contributed by atoms with E-state index in [2.05, 4.69) is 4.98 Å². The molecule has 0 saturated carbocycles. The minimum Gasteiger partial charge on any atom is -0.465 e. The lowest BCUT2D eigenvalue weighted by Crippen LogP contribution is -2.44. The van der Waals surface area contributed by atoms with Crippen molar-refractivity contribution in [2.24, 2.45) is 5.92 Å². The Hall–Kier alpha value is -2.31. The number of H-pyrrole nitrogens is 1. The zero-order valence-electron chi connectivity index (χ0n) is 17.2. The highest BCUT2D eigenvalue weighted by Gasteiger charge is 2.32. The molecule has 3 heterocycles. The molecule has 0 unspecified atom stereocenters. The van der Waals surface area contributed by atoms with Crippen LogP contribution in [0.15, 0.2) is 0 Å². The smallest absolute Gasteiger partial charge is 0.339 e. The second-order valence-corrected chi connectivity index (χ2v) is 7.92. The predicted molar refractivity (Wildman–Crippen MR) is 105 cm³/mol. The van der Waals surface area contributed by atoms with Crippen LogP contribution < -0.4 is 0 Å². The first kappa shape index (κ1) is 20.4. The normalized spacial score (nSPS) is 18.7. The van der Waals surface area contributed by atoms with Crippen molar-refractivity contribution in [2.75, 3.05) is 33.3 Å². The first-order chi connectivity index (χ1) is 13.4. The minimum atomic E-state index is -0.438. The fourth-order valence-corrected chi connectivity index (χ4v) is 4.41. The van der Waals surface area contributed by atoms with Crippen LogP contribution in [0.1, 0.15) is 70.6 Å². The maximum atomic E-state index is 13.0. The number of hydrogen-bond donors (Lipinski definition) is 1. The number of esters is 1. The second kappa shape index (κ2) is 8.80. The van der Waals surface area contributed by atoms with Crippen LogP contribution in [0.5, 0.6) is 0 Å². The molecule has 2 aliphatic heterocycles. The molecule has 2 fully saturated rings. The highest BCUT2D eigenvalue weighted by atomic mass is 16.5. The third-order valence-electron chi connectivity index (χ3n) is 6.09. The van der Waals surface area contributed by atoms with E-state index in [1.165, 1.54) is 20.0 Å². The average Bonchev–Trinajstić information content (AvgIpc) is 2.89. The van der Waals surface area contributed by atoms with Crippen molar-refractivity contribution in [1.82, 2.24) is 14.8 Å². The topological polar surface area (TPSA) is 82.7 Å². The summed E-state index contributed by atoms with van der Waals surface area (Å²) < 4.78 is 4.82. The summed E-state index contributed by atoms with van der Waals surface area (Å²) in [6, 6.07) is 0. The molecule has 2 saturated heterocycles. The number of likely N-dealkylation sites (tertiary alicyclic amines) is 2. The van der Waals surface area contributed by atoms with Crippen LogP contribution in [0.2, 0.25) is 0 Å². The largest absolute Gasteiger partial charge is 0.465 e. The summed E-state index contributed by atoms with van der Waals surface area (Å²) in [4.78, 5) is 44.6. The van der Waals surface area contributed by atoms with Crippen molar-refractivity contribution >= 4 is 17.8 Å². The molecular formula is C21H31N3O4. The van der Waals surface area contributed by atoms with Gasteiger partial charge in [0.2, 0.25) is 5.91 Å². The minimum absolute atomic E-state index is 0.0132. The number of hydrogen-bond acceptors (Lipinski definition) is 4. The first-order valence-corrected chi connectivity index (χ1v) is 10.3. The Kier molecular flexibility index (Phi) is 6.42. The lowest BCUT2D eigenvalue weighted by molar-refractivity contribution is -0.136. The molecular weight excluding hydrogens is 358 g/mol. The molecule has 0 atom stereocenters. The van der Waals surface area contributed by atoms with E-state index in [0.29, 0.717) is 48.4 Å². The van der Waals surface area contributed by atoms with Crippen molar-refractivity contribution in [3.05, 3.63) is 22.5 Å². The molecule has 2 amide bonds. The van der Waals surface area contributed by atoms with Gasteiger partial charge in [-0.1, -0.05) is 12.8 Å². The molecule has 0 radical (unpaired) electrons. The first-order valence-electron chi connectivity index (χ1n) is 10.3. The van der Waals surface area contributed by atoms with E-state index in [9.17, 15) is 14.4 Å². The third kappa shape index (κ3) is 4.08. The molecule has 1 aromatic rings. The van der Waals surface area contributed by atoms with E-state index < -0.39 is 5.97 Å². The summed E-state index contributed by atoms with van der Waals surface area (Å²) in [5, 5.41) is 0. The van der Waals surface area contributed by atoms with E-state index in [1.54, 1.807) is 18.7 Å². The zero-order chi connectivity index (χ0) is 20.3. The van der Waals surface area contributed by atoms with Crippen LogP contribution in [0.25, 0.3) is 0 Å². The summed E-state index contributed by atoms with van der Waals surface area (Å²) in [6.07, 6.45) is 6.00. The fourth-order valence-electron chi connectivity index (χ4n) is 4.41. The number of carbonyl (C=O) groups excluding carboxylic acids is 3. The number of ether oxygens (including phenoxy) is 1. The maximum Gasteiger partial charge on any atom is 0.339 e. The molecule has 0 aromatic carbocycles. The van der Waals surface area contributed by atoms with E-state index in [1.807, 2.05) is 4.90 Å². The van der Waals surface area contributed by atoms with Crippen molar-refractivity contribution in [3.8, 4) is 0 Å². The lowest BCUT2D eigenvalue weighted by Gasteiger charge is -2.34. The number of amides is 2. The Balaban J connectivity index is 1.62. The molecule has 0 bridgehead atoms. The predicted octanol–water partition coefficient (Wildman–Crippen LogP) is 2.67. The second-order valence-electron chi connectivity index (χ2n) is 7.92. The van der Waals surface area contributed by atoms with Crippen molar-refractivity contribution < 1.29 is 19.1 Å². The van der Waals surface area contributed by atoms with Crippen LogP contribution in [0.3, 0.4) is 0 Å². The highest BCUT2D eigenvalue weighted by molar-refractivity contribution is 6.00. The Morgan fingerprint density at radius 2 is 1.54 bits per heavy atom. The number of methoxy groups -OCH3 is 1. The van der Waals surface area contributed by atoms with Gasteiger partial charge in [-0.3, -0.25) is 9.59 Å². The van der Waals surface area contributed by atoms with Gasteiger partial charge in [-0.2, -0.15) is 0 Å². The molecule has 2 aliphatic rings. The summed E-state index contributed by atoms with van der Waals surface area (Å²) in [5.74, 6) is -0.281. The van der Waals surface area contributed by atoms with Gasteiger partial charge in [0.05, 0.1) is 12.7 Å². The number of nitrogens with one attached hydrogen (secondary N) is 1. The van der Waals surface area contributed by atoms with Gasteiger partial charge < -0.3 is 19.5 Å². The summed E-state index contributed by atoms with van der Waals surface area (Å²) >= 11 is 0. The monoisotopic (exact) mass is 389 g/mol. The van der Waals surface area contributed by atoms with E-state index in [4.69, 9.17) is 4.74 Å². The van der Waals surface area contributed by atoms with Crippen molar-refractivity contribution in [3.63, 3.8) is 0 Å². The Labute approximate surface area is 166 Å². The molecule has 0 aliphatic carbocycles. The van der Waals surface area contributed by atoms with Gasteiger partial charge in [-0.15, -0.1) is 0 Å². The molecule has 28 heavy (non-hydrogen) atoms. The molecule has 7 heteroatoms. The fraction of sp³-hybridized carbons (Fsp3) is 0.667. The van der Waals surface area contributed by atoms with Gasteiger partial charge in [0.1, 0.15) is 5.69 Å².